The van der Waals surface area contributed by atoms with Crippen molar-refractivity contribution in [2.45, 2.75) is 32.2 Å². The first-order valence-electron chi connectivity index (χ1n) is 10.2. The lowest BCUT2D eigenvalue weighted by molar-refractivity contribution is -0.140. The Morgan fingerprint density at radius 3 is 2.41 bits per heavy atom. The van der Waals surface area contributed by atoms with E-state index < -0.39 is 40.3 Å². The van der Waals surface area contributed by atoms with Crippen molar-refractivity contribution in [2.24, 2.45) is 0 Å². The van der Waals surface area contributed by atoms with Gasteiger partial charge in [0, 0.05) is 12.7 Å². The van der Waals surface area contributed by atoms with E-state index in [1.807, 2.05) is 0 Å². The molecular weight excluding hydrogens is 456 g/mol. The molecule has 2 amide bonds. The normalized spacial score (nSPS) is 15.4. The Bertz CT molecular complexity index is 1140. The van der Waals surface area contributed by atoms with Gasteiger partial charge in [-0.2, -0.15) is 18.4 Å². The van der Waals surface area contributed by atoms with Gasteiger partial charge in [-0.25, -0.2) is 4.39 Å². The molecule has 1 N–H and O–H groups in total. The van der Waals surface area contributed by atoms with Crippen LogP contribution in [0.25, 0.3) is 0 Å². The number of benzene rings is 2. The summed E-state index contributed by atoms with van der Waals surface area (Å²) in [6.07, 6.45) is -5.10. The number of halogens is 4. The van der Waals surface area contributed by atoms with E-state index in [9.17, 15) is 27.2 Å². The molecule has 2 aromatic rings. The molecule has 0 aliphatic carbocycles. The van der Waals surface area contributed by atoms with Crippen molar-refractivity contribution in [2.75, 3.05) is 30.1 Å². The first-order chi connectivity index (χ1) is 15.9. The van der Waals surface area contributed by atoms with Crippen molar-refractivity contribution in [3.8, 4) is 6.07 Å². The molecular formula is C23H22F4N4O3. The molecule has 1 saturated heterocycles. The number of hydrogen-bond acceptors (Lipinski definition) is 5. The van der Waals surface area contributed by atoms with Crippen LogP contribution in [0, 0.1) is 17.1 Å². The molecule has 0 atom stereocenters. The van der Waals surface area contributed by atoms with Gasteiger partial charge in [0.2, 0.25) is 5.91 Å². The lowest BCUT2D eigenvalue weighted by atomic mass is 10.0. The predicted molar refractivity (Wildman–Crippen MR) is 115 cm³/mol. The molecule has 0 radical (unpaired) electrons. The fourth-order valence-electron chi connectivity index (χ4n) is 3.67. The molecule has 180 valence electrons. The molecule has 34 heavy (non-hydrogen) atoms. The van der Waals surface area contributed by atoms with Gasteiger partial charge in [0.15, 0.2) is 5.82 Å². The fraction of sp³-hybridized carbons (Fsp3) is 0.348. The maximum atomic E-state index is 15.0. The summed E-state index contributed by atoms with van der Waals surface area (Å²) in [5.41, 5.74) is -2.94. The van der Waals surface area contributed by atoms with Crippen LogP contribution in [0.2, 0.25) is 0 Å². The average molecular weight is 478 g/mol. The Balaban J connectivity index is 1.88. The third-order valence-electron chi connectivity index (χ3n) is 5.57. The van der Waals surface area contributed by atoms with Crippen LogP contribution >= 0.6 is 0 Å². The van der Waals surface area contributed by atoms with Crippen molar-refractivity contribution in [3.05, 3.63) is 58.9 Å². The van der Waals surface area contributed by atoms with E-state index in [1.54, 1.807) is 43.0 Å². The van der Waals surface area contributed by atoms with Gasteiger partial charge in [0.05, 0.1) is 30.6 Å². The van der Waals surface area contributed by atoms with E-state index in [1.165, 1.54) is 13.1 Å². The van der Waals surface area contributed by atoms with E-state index in [4.69, 9.17) is 10.00 Å². The van der Waals surface area contributed by atoms with Gasteiger partial charge >= 0.3 is 6.18 Å². The summed E-state index contributed by atoms with van der Waals surface area (Å²) in [5.74, 6) is -2.53. The number of nitrogens with zero attached hydrogens (tertiary/aromatic N) is 3. The molecule has 3 rings (SSSR count). The van der Waals surface area contributed by atoms with Crippen LogP contribution in [0.5, 0.6) is 0 Å². The minimum Gasteiger partial charge on any atom is -0.367 e. The van der Waals surface area contributed by atoms with E-state index in [2.05, 4.69) is 5.32 Å². The van der Waals surface area contributed by atoms with E-state index in [0.717, 1.165) is 22.6 Å². The third kappa shape index (κ3) is 4.68. The molecule has 0 bridgehead atoms. The number of carbonyl (C=O) groups is 2. The lowest BCUT2D eigenvalue weighted by Crippen LogP contribution is -2.43. The van der Waals surface area contributed by atoms with Crippen molar-refractivity contribution in [1.29, 1.82) is 5.26 Å². The Hall–Kier alpha value is -3.65. The maximum Gasteiger partial charge on any atom is 0.420 e. The number of nitrogens with one attached hydrogen (secondary N) is 1. The highest BCUT2D eigenvalue weighted by Gasteiger charge is 2.48. The standard InChI is InChI=1S/C23H22F4N4O3/c1-22(2)21(33)30(17-9-6-15(10-28)19(20(17)24)23(25,26)27)13-31(22)16-7-4-14(5-8-16)11-34-12-18(32)29-3/h4-9H,11-13H2,1-3H3,(H,29,32). The van der Waals surface area contributed by atoms with E-state index in [-0.39, 0.29) is 25.8 Å². The summed E-state index contributed by atoms with van der Waals surface area (Å²) < 4.78 is 60.5. The zero-order chi connectivity index (χ0) is 25.3. The molecule has 1 aliphatic rings. The van der Waals surface area contributed by atoms with Gasteiger partial charge < -0.3 is 15.0 Å². The number of ether oxygens (including phenoxy) is 1. The zero-order valence-electron chi connectivity index (χ0n) is 18.7. The molecule has 11 heteroatoms. The second-order valence-electron chi connectivity index (χ2n) is 8.12. The SMILES string of the molecule is CNC(=O)COCc1ccc(N2CN(c3ccc(C#N)c(C(F)(F)F)c3F)C(=O)C2(C)C)cc1. The molecule has 1 fully saturated rings. The fourth-order valence-corrected chi connectivity index (χ4v) is 3.67. The first kappa shape index (κ1) is 25.0. The second-order valence-corrected chi connectivity index (χ2v) is 8.12. The van der Waals surface area contributed by atoms with Crippen molar-refractivity contribution >= 4 is 23.2 Å². The smallest absolute Gasteiger partial charge is 0.367 e. The average Bonchev–Trinajstić information content (AvgIpc) is 3.02. The summed E-state index contributed by atoms with van der Waals surface area (Å²) in [6, 6.07) is 10.1. The summed E-state index contributed by atoms with van der Waals surface area (Å²) in [5, 5.41) is 11.4. The molecule has 1 heterocycles. The van der Waals surface area contributed by atoms with Gasteiger partial charge in [-0.15, -0.1) is 0 Å². The van der Waals surface area contributed by atoms with Crippen molar-refractivity contribution in [1.82, 2.24) is 5.32 Å². The molecule has 0 aromatic heterocycles. The highest BCUT2D eigenvalue weighted by Crippen LogP contribution is 2.41. The van der Waals surface area contributed by atoms with E-state index in [0.29, 0.717) is 5.69 Å². The second kappa shape index (κ2) is 9.30. The Morgan fingerprint density at radius 1 is 1.21 bits per heavy atom. The molecule has 0 unspecified atom stereocenters. The van der Waals surface area contributed by atoms with Gasteiger partial charge in [0.1, 0.15) is 17.7 Å². The number of likely N-dealkylation sites (N-methyl/N-ethyl adjacent to an activating group) is 1. The number of carbonyl (C=O) groups excluding carboxylic acids is 2. The van der Waals surface area contributed by atoms with Crippen LogP contribution in [0.1, 0.15) is 30.5 Å². The van der Waals surface area contributed by atoms with Gasteiger partial charge in [-0.05, 0) is 43.7 Å². The highest BCUT2D eigenvalue weighted by atomic mass is 19.4. The van der Waals surface area contributed by atoms with Gasteiger partial charge in [-0.3, -0.25) is 14.5 Å². The van der Waals surface area contributed by atoms with Gasteiger partial charge in [-0.1, -0.05) is 12.1 Å². The summed E-state index contributed by atoms with van der Waals surface area (Å²) in [6.45, 7) is 3.05. The van der Waals surface area contributed by atoms with Crippen LogP contribution in [0.15, 0.2) is 36.4 Å². The molecule has 7 nitrogen and oxygen atoms in total. The molecule has 2 aromatic carbocycles. The van der Waals surface area contributed by atoms with Crippen LogP contribution in [0.4, 0.5) is 28.9 Å². The zero-order valence-corrected chi connectivity index (χ0v) is 18.7. The van der Waals surface area contributed by atoms with Crippen molar-refractivity contribution < 1.29 is 31.9 Å². The Morgan fingerprint density at radius 2 is 1.85 bits per heavy atom. The number of alkyl halides is 3. The molecule has 0 spiro atoms. The molecule has 0 saturated carbocycles. The number of anilines is 2. The quantitative estimate of drug-likeness (QED) is 0.642. The number of rotatable bonds is 6. The van der Waals surface area contributed by atoms with Crippen LogP contribution < -0.4 is 15.1 Å². The topological polar surface area (TPSA) is 85.7 Å². The summed E-state index contributed by atoms with van der Waals surface area (Å²) in [4.78, 5) is 26.9. The summed E-state index contributed by atoms with van der Waals surface area (Å²) in [7, 11) is 1.50. The minimum absolute atomic E-state index is 0.100. The lowest BCUT2D eigenvalue weighted by Gasteiger charge is -2.30. The minimum atomic E-state index is -5.10. The monoisotopic (exact) mass is 478 g/mol. The van der Waals surface area contributed by atoms with Gasteiger partial charge in [0.25, 0.3) is 5.91 Å². The summed E-state index contributed by atoms with van der Waals surface area (Å²) >= 11 is 0. The predicted octanol–water partition coefficient (Wildman–Crippen LogP) is 3.57. The molecule has 1 aliphatic heterocycles. The largest absolute Gasteiger partial charge is 0.420 e. The first-order valence-corrected chi connectivity index (χ1v) is 10.2. The number of nitriles is 1. The van der Waals surface area contributed by atoms with Crippen LogP contribution in [-0.4, -0.2) is 37.7 Å². The van der Waals surface area contributed by atoms with Crippen LogP contribution in [-0.2, 0) is 27.1 Å². The number of amides is 2. The Kier molecular flexibility index (Phi) is 6.84. The van der Waals surface area contributed by atoms with Crippen LogP contribution in [0.3, 0.4) is 0 Å². The maximum absolute atomic E-state index is 15.0. The number of hydrogen-bond donors (Lipinski definition) is 1. The third-order valence-corrected chi connectivity index (χ3v) is 5.57. The highest BCUT2D eigenvalue weighted by molar-refractivity contribution is 6.05. The Labute approximate surface area is 193 Å². The van der Waals surface area contributed by atoms with E-state index >= 15 is 0 Å². The van der Waals surface area contributed by atoms with Crippen molar-refractivity contribution in [3.63, 3.8) is 0 Å².